The van der Waals surface area contributed by atoms with E-state index in [1.54, 1.807) is 25.2 Å². The number of fused-ring (bicyclic) bond motifs is 2. The monoisotopic (exact) mass is 515 g/mol. The molecule has 0 bridgehead atoms. The van der Waals surface area contributed by atoms with Crippen molar-refractivity contribution in [2.45, 2.75) is 16.9 Å². The van der Waals surface area contributed by atoms with Crippen LogP contribution in [0, 0.1) is 0 Å². The zero-order chi connectivity index (χ0) is 25.9. The van der Waals surface area contributed by atoms with Gasteiger partial charge in [0.25, 0.3) is 16.0 Å². The van der Waals surface area contributed by atoms with E-state index < -0.39 is 27.9 Å². The number of likely N-dealkylation sites (N-methyl/N-ethyl adjacent to an activating group) is 1. The number of nitrogens with zero attached hydrogens (tertiary/aromatic N) is 2. The minimum absolute atomic E-state index is 0.0389. The van der Waals surface area contributed by atoms with Gasteiger partial charge in [0.1, 0.15) is 0 Å². The molecule has 8 nitrogen and oxygen atoms in total. The number of aromatic nitrogens is 1. The number of carbonyl (C=O) groups is 2. The molecule has 0 saturated heterocycles. The predicted molar refractivity (Wildman–Crippen MR) is 138 cm³/mol. The van der Waals surface area contributed by atoms with Gasteiger partial charge in [-0.1, -0.05) is 42.5 Å². The zero-order valence-electron chi connectivity index (χ0n) is 20.3. The zero-order valence-corrected chi connectivity index (χ0v) is 21.2. The lowest BCUT2D eigenvalue weighted by atomic mass is 9.77. The van der Waals surface area contributed by atoms with Crippen LogP contribution in [-0.4, -0.2) is 55.8 Å². The number of ketones is 1. The van der Waals surface area contributed by atoms with Gasteiger partial charge in [-0.3, -0.25) is 13.8 Å². The van der Waals surface area contributed by atoms with Gasteiger partial charge in [-0.2, -0.15) is 8.42 Å². The summed E-state index contributed by atoms with van der Waals surface area (Å²) in [7, 11) is -0.697. The van der Waals surface area contributed by atoms with E-state index in [0.717, 1.165) is 16.5 Å². The Morgan fingerprint density at radius 1 is 1.00 bits per heavy atom. The SMILES string of the molecule is CN1C(=O)C(C2=CCNC2)=C2C1=CC(OS(=O)(=O)c1ccccc1)C(=O)C2c1cn(C)c2ccccc12. The molecule has 1 aromatic heterocycles. The van der Waals surface area contributed by atoms with Gasteiger partial charge in [-0.05, 0) is 35.4 Å². The second-order valence-electron chi connectivity index (χ2n) is 9.40. The summed E-state index contributed by atoms with van der Waals surface area (Å²) in [5.41, 5.74) is 4.07. The molecule has 3 heterocycles. The van der Waals surface area contributed by atoms with Crippen molar-refractivity contribution in [3.05, 3.63) is 101 Å². The van der Waals surface area contributed by atoms with Crippen molar-refractivity contribution < 1.29 is 22.2 Å². The van der Waals surface area contributed by atoms with Crippen molar-refractivity contribution >= 4 is 32.7 Å². The fraction of sp³-hybridized carbons (Fsp3) is 0.214. The van der Waals surface area contributed by atoms with Crippen molar-refractivity contribution in [3.63, 3.8) is 0 Å². The summed E-state index contributed by atoms with van der Waals surface area (Å²) in [6.45, 7) is 1.15. The third-order valence-electron chi connectivity index (χ3n) is 7.22. The van der Waals surface area contributed by atoms with E-state index in [1.807, 2.05) is 48.2 Å². The molecule has 3 aliphatic rings. The van der Waals surface area contributed by atoms with E-state index in [1.165, 1.54) is 23.1 Å². The number of Topliss-reactive ketones (excluding diaryl/α,β-unsaturated/α-hetero) is 1. The summed E-state index contributed by atoms with van der Waals surface area (Å²) in [5, 5.41) is 4.09. The van der Waals surface area contributed by atoms with Crippen LogP contribution in [-0.2, 0) is 30.9 Å². The summed E-state index contributed by atoms with van der Waals surface area (Å²) in [4.78, 5) is 29.1. The third kappa shape index (κ3) is 3.69. The number of nitrogens with one attached hydrogen (secondary N) is 1. The lowest BCUT2D eigenvalue weighted by Crippen LogP contribution is -2.36. The Morgan fingerprint density at radius 3 is 2.46 bits per heavy atom. The molecule has 3 aromatic rings. The van der Waals surface area contributed by atoms with Crippen molar-refractivity contribution in [2.24, 2.45) is 7.05 Å². The Labute approximate surface area is 214 Å². The molecule has 6 rings (SSSR count). The fourth-order valence-electron chi connectivity index (χ4n) is 5.47. The summed E-state index contributed by atoms with van der Waals surface area (Å²) >= 11 is 0. The summed E-state index contributed by atoms with van der Waals surface area (Å²) in [6, 6.07) is 15.4. The number of aryl methyl sites for hydroxylation is 1. The van der Waals surface area contributed by atoms with Gasteiger partial charge in [-0.25, -0.2) is 0 Å². The molecule has 2 unspecified atom stereocenters. The number of allylic oxidation sites excluding steroid dienone is 1. The smallest absolute Gasteiger partial charge is 0.297 e. The molecule has 2 aromatic carbocycles. The summed E-state index contributed by atoms with van der Waals surface area (Å²) in [6.07, 6.45) is 3.92. The first-order chi connectivity index (χ1) is 17.8. The lowest BCUT2D eigenvalue weighted by Gasteiger charge is -2.29. The third-order valence-corrected chi connectivity index (χ3v) is 8.53. The highest BCUT2D eigenvalue weighted by molar-refractivity contribution is 7.86. The fourth-order valence-corrected chi connectivity index (χ4v) is 6.49. The number of para-hydroxylation sites is 1. The quantitative estimate of drug-likeness (QED) is 0.525. The number of rotatable bonds is 5. The molecule has 2 atom stereocenters. The van der Waals surface area contributed by atoms with Gasteiger partial charge in [-0.15, -0.1) is 0 Å². The molecule has 9 heteroatoms. The van der Waals surface area contributed by atoms with E-state index in [-0.39, 0.29) is 10.8 Å². The van der Waals surface area contributed by atoms with E-state index in [0.29, 0.717) is 35.5 Å². The van der Waals surface area contributed by atoms with Crippen LogP contribution in [0.25, 0.3) is 10.9 Å². The van der Waals surface area contributed by atoms with Crippen LogP contribution in [0.4, 0.5) is 0 Å². The van der Waals surface area contributed by atoms with Crippen molar-refractivity contribution in [3.8, 4) is 0 Å². The minimum Gasteiger partial charge on any atom is -0.350 e. The highest BCUT2D eigenvalue weighted by Crippen LogP contribution is 2.47. The first-order valence-electron chi connectivity index (χ1n) is 12.0. The van der Waals surface area contributed by atoms with Gasteiger partial charge in [0.2, 0.25) is 0 Å². The van der Waals surface area contributed by atoms with Crippen molar-refractivity contribution in [1.82, 2.24) is 14.8 Å². The second-order valence-corrected chi connectivity index (χ2v) is 11.0. The molecule has 0 saturated carbocycles. The Morgan fingerprint density at radius 2 is 1.73 bits per heavy atom. The second kappa shape index (κ2) is 8.65. The molecule has 2 aliphatic heterocycles. The molecule has 1 aliphatic carbocycles. The lowest BCUT2D eigenvalue weighted by molar-refractivity contribution is -0.125. The molecule has 0 radical (unpaired) electrons. The summed E-state index contributed by atoms with van der Waals surface area (Å²) < 4.78 is 33.7. The molecule has 0 spiro atoms. The normalized spacial score (nSPS) is 22.1. The van der Waals surface area contributed by atoms with Crippen LogP contribution in [0.2, 0.25) is 0 Å². The number of benzene rings is 2. The average Bonchev–Trinajstić information content (AvgIpc) is 3.59. The van der Waals surface area contributed by atoms with E-state index in [4.69, 9.17) is 4.18 Å². The maximum atomic E-state index is 14.2. The maximum Gasteiger partial charge on any atom is 0.297 e. The summed E-state index contributed by atoms with van der Waals surface area (Å²) in [5.74, 6) is -1.53. The Balaban J connectivity index is 1.56. The Hall–Kier alpha value is -3.79. The van der Waals surface area contributed by atoms with Crippen LogP contribution in [0.3, 0.4) is 0 Å². The molecular weight excluding hydrogens is 490 g/mol. The van der Waals surface area contributed by atoms with E-state index >= 15 is 0 Å². The first-order valence-corrected chi connectivity index (χ1v) is 13.4. The van der Waals surface area contributed by atoms with Gasteiger partial charge in [0.05, 0.1) is 16.4 Å². The van der Waals surface area contributed by atoms with Crippen LogP contribution < -0.4 is 5.32 Å². The van der Waals surface area contributed by atoms with E-state index in [9.17, 15) is 18.0 Å². The average molecular weight is 516 g/mol. The number of hydrogen-bond donors (Lipinski definition) is 1. The molecule has 37 heavy (non-hydrogen) atoms. The van der Waals surface area contributed by atoms with Gasteiger partial charge >= 0.3 is 0 Å². The van der Waals surface area contributed by atoms with Gasteiger partial charge < -0.3 is 14.8 Å². The Bertz CT molecular complexity index is 1660. The van der Waals surface area contributed by atoms with Gasteiger partial charge in [0.15, 0.2) is 11.9 Å². The maximum absolute atomic E-state index is 14.2. The molecule has 1 amide bonds. The number of amides is 1. The predicted octanol–water partition coefficient (Wildman–Crippen LogP) is 2.80. The highest BCUT2D eigenvalue weighted by atomic mass is 32.2. The highest BCUT2D eigenvalue weighted by Gasteiger charge is 2.48. The first kappa shape index (κ1) is 23.6. The molecular formula is C28H25N3O5S. The standard InChI is InChI=1S/C28H25N3O5S/c1-30-16-20(19-10-6-7-11-21(19)30)25-26-22(31(2)28(33)24(26)17-12-13-29-15-17)14-23(27(25)32)36-37(34,35)18-8-4-3-5-9-18/h3-12,14,16,23,25,29H,13,15H2,1-2H3. The molecule has 1 N–H and O–H groups in total. The van der Waals surface area contributed by atoms with Crippen LogP contribution in [0.5, 0.6) is 0 Å². The van der Waals surface area contributed by atoms with E-state index in [2.05, 4.69) is 5.32 Å². The largest absolute Gasteiger partial charge is 0.350 e. The molecule has 0 fully saturated rings. The number of carbonyl (C=O) groups excluding carboxylic acids is 2. The topological polar surface area (TPSA) is 97.7 Å². The van der Waals surface area contributed by atoms with Crippen LogP contribution in [0.1, 0.15) is 11.5 Å². The van der Waals surface area contributed by atoms with Crippen LogP contribution >= 0.6 is 0 Å². The van der Waals surface area contributed by atoms with Crippen LogP contribution in [0.15, 0.2) is 100 Å². The Kier molecular flexibility index (Phi) is 5.52. The van der Waals surface area contributed by atoms with Crippen molar-refractivity contribution in [1.29, 1.82) is 0 Å². The van der Waals surface area contributed by atoms with Crippen molar-refractivity contribution in [2.75, 3.05) is 20.1 Å². The van der Waals surface area contributed by atoms with Gasteiger partial charge in [0, 0.05) is 55.6 Å². The molecule has 188 valence electrons. The minimum atomic E-state index is -4.24. The number of hydrogen-bond acceptors (Lipinski definition) is 6.